The number of thiophene rings is 1. The minimum absolute atomic E-state index is 0.800. The molecule has 5 rings (SSSR count). The van der Waals surface area contributed by atoms with E-state index in [1.807, 2.05) is 43.7 Å². The van der Waals surface area contributed by atoms with Crippen molar-refractivity contribution in [2.45, 2.75) is 6.92 Å². The van der Waals surface area contributed by atoms with Gasteiger partial charge in [0.25, 0.3) is 0 Å². The summed E-state index contributed by atoms with van der Waals surface area (Å²) in [6.07, 6.45) is 7.65. The molecule has 5 heterocycles. The number of aryl methyl sites for hydroxylation is 2. The second-order valence-electron chi connectivity index (χ2n) is 7.08. The highest BCUT2D eigenvalue weighted by Gasteiger charge is 2.17. The third kappa shape index (κ3) is 3.09. The zero-order valence-electron chi connectivity index (χ0n) is 16.7. The predicted molar refractivity (Wildman–Crippen MR) is 122 cm³/mol. The number of nitrogens with one attached hydrogen (secondary N) is 2. The van der Waals surface area contributed by atoms with Gasteiger partial charge in [-0.25, -0.2) is 4.98 Å². The zero-order valence-corrected chi connectivity index (χ0v) is 17.5. The van der Waals surface area contributed by atoms with Gasteiger partial charge in [-0.15, -0.1) is 11.3 Å². The molecule has 0 amide bonds. The molecule has 0 saturated heterocycles. The van der Waals surface area contributed by atoms with E-state index in [4.69, 9.17) is 4.98 Å². The van der Waals surface area contributed by atoms with Gasteiger partial charge in [0.05, 0.1) is 23.1 Å². The summed E-state index contributed by atoms with van der Waals surface area (Å²) in [7, 11) is 1.90. The van der Waals surface area contributed by atoms with Gasteiger partial charge >= 0.3 is 0 Å². The number of rotatable bonds is 5. The molecule has 0 bridgehead atoms. The van der Waals surface area contributed by atoms with Crippen molar-refractivity contribution >= 4 is 27.9 Å². The van der Waals surface area contributed by atoms with E-state index in [0.717, 1.165) is 50.5 Å². The van der Waals surface area contributed by atoms with E-state index >= 15 is 0 Å². The molecule has 0 saturated carbocycles. The van der Waals surface area contributed by atoms with Crippen LogP contribution in [0.15, 0.2) is 66.8 Å². The van der Waals surface area contributed by atoms with E-state index in [0.29, 0.717) is 0 Å². The first-order valence-corrected chi connectivity index (χ1v) is 10.4. The van der Waals surface area contributed by atoms with Gasteiger partial charge in [-0.3, -0.25) is 9.78 Å². The fourth-order valence-electron chi connectivity index (χ4n) is 3.62. The van der Waals surface area contributed by atoms with Crippen molar-refractivity contribution in [3.05, 3.63) is 83.0 Å². The quantitative estimate of drug-likeness (QED) is 0.383. The van der Waals surface area contributed by atoms with Crippen molar-refractivity contribution in [3.8, 4) is 22.6 Å². The number of H-pyrrole nitrogens is 2. The summed E-state index contributed by atoms with van der Waals surface area (Å²) in [5.41, 5.74) is 8.64. The lowest BCUT2D eigenvalue weighted by Crippen LogP contribution is -1.86. The number of allylic oxidation sites excluding steroid dienone is 2. The Balaban J connectivity index is 1.62. The SMILES string of the molecule is C=C/C=C(/c1cccs1)c1cc(-c2n[nH]c3ccc(-c4cnn(C)c4)nc23)[nH]c1C. The Morgan fingerprint density at radius 2 is 2.17 bits per heavy atom. The van der Waals surface area contributed by atoms with E-state index in [9.17, 15) is 0 Å². The Bertz CT molecular complexity index is 1380. The molecule has 0 aromatic carbocycles. The molecule has 0 aliphatic heterocycles. The maximum Gasteiger partial charge on any atom is 0.135 e. The van der Waals surface area contributed by atoms with Crippen molar-refractivity contribution in [2.75, 3.05) is 0 Å². The van der Waals surface area contributed by atoms with Gasteiger partial charge in [0, 0.05) is 40.5 Å². The second kappa shape index (κ2) is 7.27. The summed E-state index contributed by atoms with van der Waals surface area (Å²) < 4.78 is 1.77. The topological polar surface area (TPSA) is 75.2 Å². The molecule has 0 spiro atoms. The van der Waals surface area contributed by atoms with Crippen LogP contribution in [-0.4, -0.2) is 29.9 Å². The molecule has 5 aromatic heterocycles. The molecule has 0 aliphatic carbocycles. The van der Waals surface area contributed by atoms with E-state index in [-0.39, 0.29) is 0 Å². The van der Waals surface area contributed by atoms with Crippen molar-refractivity contribution in [2.24, 2.45) is 7.05 Å². The van der Waals surface area contributed by atoms with Gasteiger partial charge in [0.2, 0.25) is 0 Å². The average molecular weight is 413 g/mol. The highest BCUT2D eigenvalue weighted by atomic mass is 32.1. The van der Waals surface area contributed by atoms with Crippen LogP contribution in [0.4, 0.5) is 0 Å². The molecule has 0 aliphatic rings. The molecule has 7 heteroatoms. The molecule has 0 atom stereocenters. The molecule has 5 aromatic rings. The van der Waals surface area contributed by atoms with Crippen LogP contribution < -0.4 is 0 Å². The van der Waals surface area contributed by atoms with Gasteiger partial charge in [-0.05, 0) is 36.6 Å². The summed E-state index contributed by atoms with van der Waals surface area (Å²) in [4.78, 5) is 9.56. The molecule has 0 radical (unpaired) electrons. The van der Waals surface area contributed by atoms with E-state index in [1.54, 1.807) is 16.0 Å². The third-order valence-corrected chi connectivity index (χ3v) is 5.94. The smallest absolute Gasteiger partial charge is 0.135 e. The second-order valence-corrected chi connectivity index (χ2v) is 8.03. The lowest BCUT2D eigenvalue weighted by atomic mass is 10.0. The average Bonchev–Trinajstić information content (AvgIpc) is 3.52. The monoisotopic (exact) mass is 412 g/mol. The third-order valence-electron chi connectivity index (χ3n) is 5.04. The van der Waals surface area contributed by atoms with Crippen molar-refractivity contribution < 1.29 is 0 Å². The largest absolute Gasteiger partial charge is 0.357 e. The van der Waals surface area contributed by atoms with E-state index in [2.05, 4.69) is 57.4 Å². The number of fused-ring (bicyclic) bond motifs is 1. The predicted octanol–water partition coefficient (Wildman–Crippen LogP) is 5.34. The number of aromatic nitrogens is 6. The first-order chi connectivity index (χ1) is 14.6. The summed E-state index contributed by atoms with van der Waals surface area (Å²) in [6.45, 7) is 5.96. The number of pyridine rings is 1. The van der Waals surface area contributed by atoms with E-state index in [1.165, 1.54) is 4.88 Å². The van der Waals surface area contributed by atoms with Crippen LogP contribution in [0.1, 0.15) is 16.1 Å². The van der Waals surface area contributed by atoms with Crippen LogP contribution in [0.25, 0.3) is 39.3 Å². The van der Waals surface area contributed by atoms with Gasteiger partial charge < -0.3 is 4.98 Å². The van der Waals surface area contributed by atoms with Gasteiger partial charge in [-0.2, -0.15) is 10.2 Å². The summed E-state index contributed by atoms with van der Waals surface area (Å²) in [6, 6.07) is 10.3. The molecule has 2 N–H and O–H groups in total. The highest BCUT2D eigenvalue weighted by Crippen LogP contribution is 2.34. The first kappa shape index (κ1) is 18.3. The van der Waals surface area contributed by atoms with Gasteiger partial charge in [0.15, 0.2) is 0 Å². The minimum atomic E-state index is 0.800. The van der Waals surface area contributed by atoms with Crippen LogP contribution >= 0.6 is 11.3 Å². The lowest BCUT2D eigenvalue weighted by molar-refractivity contribution is 0.768. The van der Waals surface area contributed by atoms with Crippen molar-refractivity contribution in [3.63, 3.8) is 0 Å². The molecule has 0 fully saturated rings. The van der Waals surface area contributed by atoms with Crippen LogP contribution in [0.3, 0.4) is 0 Å². The molecule has 0 unspecified atom stereocenters. The van der Waals surface area contributed by atoms with Crippen LogP contribution in [0.5, 0.6) is 0 Å². The minimum Gasteiger partial charge on any atom is -0.357 e. The Hall–Kier alpha value is -3.71. The van der Waals surface area contributed by atoms with Gasteiger partial charge in [0.1, 0.15) is 11.2 Å². The number of hydrogen-bond acceptors (Lipinski definition) is 4. The molecule has 6 nitrogen and oxygen atoms in total. The fraction of sp³-hybridized carbons (Fsp3) is 0.0870. The number of hydrogen-bond donors (Lipinski definition) is 2. The van der Waals surface area contributed by atoms with Crippen molar-refractivity contribution in [1.29, 1.82) is 0 Å². The molecular weight excluding hydrogens is 392 g/mol. The molecule has 30 heavy (non-hydrogen) atoms. The zero-order chi connectivity index (χ0) is 20.7. The molecule has 148 valence electrons. The fourth-order valence-corrected chi connectivity index (χ4v) is 4.39. The number of nitrogens with zero attached hydrogens (tertiary/aromatic N) is 4. The first-order valence-electron chi connectivity index (χ1n) is 9.55. The summed E-state index contributed by atoms with van der Waals surface area (Å²) >= 11 is 1.71. The summed E-state index contributed by atoms with van der Waals surface area (Å²) in [5.74, 6) is 0. The summed E-state index contributed by atoms with van der Waals surface area (Å²) in [5, 5.41) is 14.0. The lowest BCUT2D eigenvalue weighted by Gasteiger charge is -2.03. The van der Waals surface area contributed by atoms with Crippen molar-refractivity contribution in [1.82, 2.24) is 29.9 Å². The standard InChI is InChI=1S/C23H20N6S/c1-4-6-16(21-7-5-10-30-21)17-11-20(25-14(17)2)23-22-19(27-28-23)9-8-18(26-22)15-12-24-29(3)13-15/h4-13,25H,1H2,2-3H3,(H,27,28)/b16-6+. The van der Waals surface area contributed by atoms with Crippen LogP contribution in [-0.2, 0) is 7.05 Å². The maximum atomic E-state index is 4.87. The van der Waals surface area contributed by atoms with Gasteiger partial charge in [-0.1, -0.05) is 24.8 Å². The van der Waals surface area contributed by atoms with Crippen LogP contribution in [0.2, 0.25) is 0 Å². The van der Waals surface area contributed by atoms with E-state index < -0.39 is 0 Å². The highest BCUT2D eigenvalue weighted by molar-refractivity contribution is 7.11. The van der Waals surface area contributed by atoms with Crippen LogP contribution in [0, 0.1) is 6.92 Å². The normalized spacial score (nSPS) is 12.0. The Morgan fingerprint density at radius 1 is 1.27 bits per heavy atom. The molecular formula is C23H20N6S. The Morgan fingerprint density at radius 3 is 2.90 bits per heavy atom. The Kier molecular flexibility index (Phi) is 4.44. The Labute approximate surface area is 177 Å². The number of aromatic amines is 2. The maximum absolute atomic E-state index is 4.87.